The summed E-state index contributed by atoms with van der Waals surface area (Å²) in [5, 5.41) is 2.63. The first kappa shape index (κ1) is 26.1. The number of aryl methyl sites for hydroxylation is 1. The Kier molecular flexibility index (Phi) is 8.45. The molecule has 9 nitrogen and oxygen atoms in total. The summed E-state index contributed by atoms with van der Waals surface area (Å²) >= 11 is 0. The van der Waals surface area contributed by atoms with Crippen LogP contribution in [0.4, 0.5) is 5.69 Å². The van der Waals surface area contributed by atoms with Crippen molar-refractivity contribution in [2.24, 2.45) is 0 Å². The van der Waals surface area contributed by atoms with Crippen molar-refractivity contribution >= 4 is 27.6 Å². The highest BCUT2D eigenvalue weighted by Gasteiger charge is 2.23. The molecule has 33 heavy (non-hydrogen) atoms. The summed E-state index contributed by atoms with van der Waals surface area (Å²) in [5.41, 5.74) is 1.16. The second-order valence-electron chi connectivity index (χ2n) is 7.83. The predicted molar refractivity (Wildman–Crippen MR) is 124 cm³/mol. The van der Waals surface area contributed by atoms with E-state index in [1.54, 1.807) is 19.1 Å². The molecule has 0 radical (unpaired) electrons. The molecule has 1 unspecified atom stereocenters. The zero-order valence-corrected chi connectivity index (χ0v) is 20.6. The van der Waals surface area contributed by atoms with Crippen LogP contribution in [0.2, 0.25) is 0 Å². The number of rotatable bonds is 9. The number of nitrogens with one attached hydrogen (secondary N) is 1. The molecule has 0 aliphatic heterocycles. The highest BCUT2D eigenvalue weighted by Crippen LogP contribution is 2.29. The molecule has 1 amide bonds. The van der Waals surface area contributed by atoms with Crippen LogP contribution >= 0.6 is 0 Å². The largest absolute Gasteiger partial charge is 0.493 e. The second-order valence-corrected chi connectivity index (χ2v) is 9.99. The van der Waals surface area contributed by atoms with Crippen LogP contribution in [0.25, 0.3) is 0 Å². The minimum absolute atomic E-state index is 0.0360. The van der Waals surface area contributed by atoms with E-state index >= 15 is 0 Å². The van der Waals surface area contributed by atoms with Gasteiger partial charge in [0, 0.05) is 19.8 Å². The van der Waals surface area contributed by atoms with Gasteiger partial charge in [0.15, 0.2) is 17.6 Å². The van der Waals surface area contributed by atoms with E-state index in [0.717, 1.165) is 4.31 Å². The number of hydrogen-bond donors (Lipinski definition) is 1. The molecule has 2 rings (SSSR count). The van der Waals surface area contributed by atoms with Gasteiger partial charge in [0.25, 0.3) is 5.91 Å². The molecule has 1 atom stereocenters. The van der Waals surface area contributed by atoms with Crippen molar-refractivity contribution in [1.82, 2.24) is 4.31 Å². The first-order chi connectivity index (χ1) is 15.4. The molecule has 0 aliphatic rings. The fourth-order valence-corrected chi connectivity index (χ4v) is 3.70. The number of nitrogens with zero attached hydrogens (tertiary/aromatic N) is 1. The van der Waals surface area contributed by atoms with Crippen LogP contribution in [0.3, 0.4) is 0 Å². The Morgan fingerprint density at radius 3 is 2.24 bits per heavy atom. The molecule has 0 bridgehead atoms. The second kappa shape index (κ2) is 10.7. The first-order valence-electron chi connectivity index (χ1n) is 10.3. The fraction of sp³-hybridized carbons (Fsp3) is 0.391. The Bertz CT molecular complexity index is 1130. The Morgan fingerprint density at radius 2 is 1.67 bits per heavy atom. The van der Waals surface area contributed by atoms with Crippen molar-refractivity contribution in [3.05, 3.63) is 47.5 Å². The summed E-state index contributed by atoms with van der Waals surface area (Å²) in [4.78, 5) is 25.2. The monoisotopic (exact) mass is 478 g/mol. The normalized spacial score (nSPS) is 12.4. The maximum absolute atomic E-state index is 12.6. The summed E-state index contributed by atoms with van der Waals surface area (Å²) in [5.74, 6) is -0.465. The predicted octanol–water partition coefficient (Wildman–Crippen LogP) is 3.23. The van der Waals surface area contributed by atoms with E-state index < -0.39 is 28.0 Å². The third-order valence-electron chi connectivity index (χ3n) is 4.66. The van der Waals surface area contributed by atoms with Crippen LogP contribution in [-0.4, -0.2) is 58.0 Å². The summed E-state index contributed by atoms with van der Waals surface area (Å²) in [6, 6.07) is 9.02. The van der Waals surface area contributed by atoms with Crippen LogP contribution in [0, 0.1) is 6.92 Å². The Labute approximate surface area is 194 Å². The minimum atomic E-state index is -3.67. The molecule has 1 N–H and O–H groups in total. The average molecular weight is 479 g/mol. The molecule has 0 aromatic heterocycles. The molecule has 0 fully saturated rings. The highest BCUT2D eigenvalue weighted by atomic mass is 32.2. The van der Waals surface area contributed by atoms with Gasteiger partial charge in [-0.3, -0.25) is 4.79 Å². The van der Waals surface area contributed by atoms with Crippen molar-refractivity contribution in [2.45, 2.75) is 44.8 Å². The van der Waals surface area contributed by atoms with Crippen molar-refractivity contribution < 1.29 is 32.2 Å². The van der Waals surface area contributed by atoms with Crippen LogP contribution < -0.4 is 14.8 Å². The minimum Gasteiger partial charge on any atom is -0.493 e. The topological polar surface area (TPSA) is 111 Å². The van der Waals surface area contributed by atoms with Crippen molar-refractivity contribution in [1.29, 1.82) is 0 Å². The number of benzene rings is 2. The zero-order valence-electron chi connectivity index (χ0n) is 19.8. The lowest BCUT2D eigenvalue weighted by Gasteiger charge is -2.17. The summed E-state index contributed by atoms with van der Waals surface area (Å²) in [6.07, 6.45) is -1.21. The molecular formula is C23H30N2O7S. The standard InChI is InChI=1S/C23H30N2O7S/c1-14(2)31-20-11-9-17(12-21(20)30-7)23(27)32-16(4)22(26)24-19-13-18(10-8-15(19)3)33(28,29)25(5)6/h8-14,16H,1-7H3,(H,24,26). The van der Waals surface area contributed by atoms with Crippen LogP contribution in [0.15, 0.2) is 41.3 Å². The van der Waals surface area contributed by atoms with Gasteiger partial charge in [-0.1, -0.05) is 6.07 Å². The fourth-order valence-electron chi connectivity index (χ4n) is 2.77. The molecule has 0 heterocycles. The van der Waals surface area contributed by atoms with Gasteiger partial charge in [-0.15, -0.1) is 0 Å². The quantitative estimate of drug-likeness (QED) is 0.551. The number of carbonyl (C=O) groups excluding carboxylic acids is 2. The maximum Gasteiger partial charge on any atom is 0.339 e. The van der Waals surface area contributed by atoms with E-state index in [4.69, 9.17) is 14.2 Å². The Hall–Kier alpha value is -3.11. The van der Waals surface area contributed by atoms with E-state index in [1.807, 2.05) is 13.8 Å². The van der Waals surface area contributed by atoms with E-state index in [9.17, 15) is 18.0 Å². The molecule has 2 aromatic rings. The molecule has 10 heteroatoms. The van der Waals surface area contributed by atoms with Gasteiger partial charge >= 0.3 is 5.97 Å². The van der Waals surface area contributed by atoms with Crippen molar-refractivity contribution in [3.8, 4) is 11.5 Å². The average Bonchev–Trinajstić information content (AvgIpc) is 2.74. The van der Waals surface area contributed by atoms with E-state index in [0.29, 0.717) is 22.7 Å². The summed E-state index contributed by atoms with van der Waals surface area (Å²) in [7, 11) is 0.633. The Balaban J connectivity index is 2.14. The van der Waals surface area contributed by atoms with Gasteiger partial charge in [0.2, 0.25) is 10.0 Å². The van der Waals surface area contributed by atoms with E-state index in [-0.39, 0.29) is 16.6 Å². The Morgan fingerprint density at radius 1 is 1.00 bits per heavy atom. The number of amides is 1. The summed E-state index contributed by atoms with van der Waals surface area (Å²) in [6.45, 7) is 6.90. The van der Waals surface area contributed by atoms with Crippen LogP contribution in [0.5, 0.6) is 11.5 Å². The highest BCUT2D eigenvalue weighted by molar-refractivity contribution is 7.89. The number of esters is 1. The van der Waals surface area contributed by atoms with Gasteiger partial charge < -0.3 is 19.5 Å². The molecule has 0 saturated heterocycles. The van der Waals surface area contributed by atoms with Crippen molar-refractivity contribution in [2.75, 3.05) is 26.5 Å². The maximum atomic E-state index is 12.6. The van der Waals surface area contributed by atoms with Crippen LogP contribution in [0.1, 0.15) is 36.7 Å². The number of methoxy groups -OCH3 is 1. The number of hydrogen-bond acceptors (Lipinski definition) is 7. The van der Waals surface area contributed by atoms with Gasteiger partial charge in [0.05, 0.1) is 23.7 Å². The number of sulfonamides is 1. The summed E-state index contributed by atoms with van der Waals surface area (Å²) < 4.78 is 42.0. The third kappa shape index (κ3) is 6.45. The smallest absolute Gasteiger partial charge is 0.339 e. The number of ether oxygens (including phenoxy) is 3. The van der Waals surface area contributed by atoms with Gasteiger partial charge in [-0.2, -0.15) is 0 Å². The lowest BCUT2D eigenvalue weighted by Crippen LogP contribution is -2.30. The SMILES string of the molecule is COc1cc(C(=O)OC(C)C(=O)Nc2cc(S(=O)(=O)N(C)C)ccc2C)ccc1OC(C)C. The lowest BCUT2D eigenvalue weighted by atomic mass is 10.2. The number of carbonyl (C=O) groups is 2. The zero-order chi connectivity index (χ0) is 24.9. The number of anilines is 1. The van der Waals surface area contributed by atoms with E-state index in [1.165, 1.54) is 52.4 Å². The molecule has 0 saturated carbocycles. The molecular weight excluding hydrogens is 448 g/mol. The molecule has 0 spiro atoms. The van der Waals surface area contributed by atoms with Crippen LogP contribution in [-0.2, 0) is 19.6 Å². The first-order valence-corrected chi connectivity index (χ1v) is 11.7. The van der Waals surface area contributed by atoms with Gasteiger partial charge in [0.1, 0.15) is 0 Å². The van der Waals surface area contributed by atoms with E-state index in [2.05, 4.69) is 5.32 Å². The van der Waals surface area contributed by atoms with Crippen molar-refractivity contribution in [3.63, 3.8) is 0 Å². The third-order valence-corrected chi connectivity index (χ3v) is 6.47. The molecule has 180 valence electrons. The molecule has 0 aliphatic carbocycles. The van der Waals surface area contributed by atoms with Gasteiger partial charge in [-0.25, -0.2) is 17.5 Å². The lowest BCUT2D eigenvalue weighted by molar-refractivity contribution is -0.123. The van der Waals surface area contributed by atoms with Gasteiger partial charge in [-0.05, 0) is 63.6 Å². The molecule has 2 aromatic carbocycles.